The molecule has 2 aromatic rings. The monoisotopic (exact) mass is 308 g/mol. The van der Waals surface area contributed by atoms with Crippen LogP contribution in [0.25, 0.3) is 11.1 Å². The molecule has 1 N–H and O–H groups in total. The van der Waals surface area contributed by atoms with Crippen molar-refractivity contribution in [2.45, 2.75) is 19.1 Å². The molecule has 0 radical (unpaired) electrons. The number of halogens is 3. The first kappa shape index (κ1) is 14.8. The molecule has 0 aliphatic carbocycles. The highest BCUT2D eigenvalue weighted by atomic mass is 19.4. The Morgan fingerprint density at radius 2 is 2.00 bits per heavy atom. The summed E-state index contributed by atoms with van der Waals surface area (Å²) in [5.74, 6) is 0.224. The van der Waals surface area contributed by atoms with Gasteiger partial charge in [0.1, 0.15) is 5.75 Å². The molecule has 2 heterocycles. The van der Waals surface area contributed by atoms with Crippen molar-refractivity contribution in [3.63, 3.8) is 0 Å². The number of pyridine rings is 1. The molecule has 1 aromatic carbocycles. The van der Waals surface area contributed by atoms with E-state index < -0.39 is 11.7 Å². The van der Waals surface area contributed by atoms with Crippen LogP contribution in [0.5, 0.6) is 5.75 Å². The van der Waals surface area contributed by atoms with Gasteiger partial charge in [-0.05, 0) is 42.3 Å². The minimum atomic E-state index is -4.38. The molecule has 0 fully saturated rings. The lowest BCUT2D eigenvalue weighted by Gasteiger charge is -2.21. The third-order valence-electron chi connectivity index (χ3n) is 3.81. The number of rotatable bonds is 2. The van der Waals surface area contributed by atoms with Crippen LogP contribution in [0, 0.1) is 0 Å². The molecular formula is C16H15F3N2O. The van der Waals surface area contributed by atoms with E-state index in [9.17, 15) is 13.2 Å². The zero-order valence-corrected chi connectivity index (χ0v) is 12.0. The summed E-state index contributed by atoms with van der Waals surface area (Å²) in [5.41, 5.74) is 2.84. The van der Waals surface area contributed by atoms with Crippen LogP contribution in [0.1, 0.15) is 16.8 Å². The second kappa shape index (κ2) is 5.61. The van der Waals surface area contributed by atoms with Crippen LogP contribution >= 0.6 is 0 Å². The summed E-state index contributed by atoms with van der Waals surface area (Å²) in [6.45, 7) is 1.50. The lowest BCUT2D eigenvalue weighted by atomic mass is 9.93. The maximum atomic E-state index is 12.8. The number of ether oxygens (including phenoxy) is 1. The number of fused-ring (bicyclic) bond motifs is 1. The van der Waals surface area contributed by atoms with Gasteiger partial charge in [0.25, 0.3) is 0 Å². The highest BCUT2D eigenvalue weighted by Gasteiger charge is 2.31. The van der Waals surface area contributed by atoms with E-state index in [1.165, 1.54) is 13.2 Å². The number of hydrogen-bond acceptors (Lipinski definition) is 3. The van der Waals surface area contributed by atoms with Crippen LogP contribution in [-0.4, -0.2) is 18.6 Å². The van der Waals surface area contributed by atoms with E-state index in [4.69, 9.17) is 4.74 Å². The molecule has 0 atom stereocenters. The fourth-order valence-electron chi connectivity index (χ4n) is 2.73. The standard InChI is InChI=1S/C16H15F3N2O/c1-22-15-8-10(16(17,18)19)2-3-13(15)11-5-7-21-14-9-20-6-4-12(11)14/h2-3,5,7-8,20H,4,6,9H2,1H3. The molecule has 0 unspecified atom stereocenters. The smallest absolute Gasteiger partial charge is 0.416 e. The second-order valence-corrected chi connectivity index (χ2v) is 5.12. The molecule has 3 nitrogen and oxygen atoms in total. The van der Waals surface area contributed by atoms with E-state index in [1.807, 2.05) is 6.07 Å². The molecule has 1 aromatic heterocycles. The molecule has 1 aliphatic heterocycles. The zero-order chi connectivity index (χ0) is 15.7. The maximum Gasteiger partial charge on any atom is 0.416 e. The van der Waals surface area contributed by atoms with Gasteiger partial charge in [-0.2, -0.15) is 13.2 Å². The Hall–Kier alpha value is -2.08. The third kappa shape index (κ3) is 2.66. The SMILES string of the molecule is COc1cc(C(F)(F)F)ccc1-c1ccnc2c1CCNC2. The van der Waals surface area contributed by atoms with Gasteiger partial charge >= 0.3 is 6.18 Å². The minimum absolute atomic E-state index is 0.224. The summed E-state index contributed by atoms with van der Waals surface area (Å²) in [6, 6.07) is 5.43. The van der Waals surface area contributed by atoms with Gasteiger partial charge in [-0.15, -0.1) is 0 Å². The highest BCUT2D eigenvalue weighted by Crippen LogP contribution is 2.38. The first-order valence-corrected chi connectivity index (χ1v) is 6.94. The fraction of sp³-hybridized carbons (Fsp3) is 0.312. The molecule has 0 spiro atoms. The zero-order valence-electron chi connectivity index (χ0n) is 12.0. The van der Waals surface area contributed by atoms with Gasteiger partial charge in [0.15, 0.2) is 0 Å². The molecule has 0 saturated heterocycles. The van der Waals surface area contributed by atoms with Crippen molar-refractivity contribution in [1.29, 1.82) is 0 Å². The van der Waals surface area contributed by atoms with Gasteiger partial charge in [-0.3, -0.25) is 4.98 Å². The van der Waals surface area contributed by atoms with E-state index in [0.29, 0.717) is 12.1 Å². The number of aromatic nitrogens is 1. The van der Waals surface area contributed by atoms with Crippen molar-refractivity contribution in [3.8, 4) is 16.9 Å². The van der Waals surface area contributed by atoms with E-state index in [-0.39, 0.29) is 5.75 Å². The number of nitrogens with one attached hydrogen (secondary N) is 1. The average Bonchev–Trinajstić information content (AvgIpc) is 2.53. The molecule has 6 heteroatoms. The van der Waals surface area contributed by atoms with Crippen LogP contribution in [0.3, 0.4) is 0 Å². The van der Waals surface area contributed by atoms with Crippen LogP contribution in [-0.2, 0) is 19.1 Å². The largest absolute Gasteiger partial charge is 0.496 e. The normalized spacial score (nSPS) is 14.5. The maximum absolute atomic E-state index is 12.8. The number of benzene rings is 1. The Morgan fingerprint density at radius 3 is 2.73 bits per heavy atom. The van der Waals surface area contributed by atoms with Crippen LogP contribution in [0.4, 0.5) is 13.2 Å². The number of hydrogen-bond donors (Lipinski definition) is 1. The van der Waals surface area contributed by atoms with Gasteiger partial charge in [0, 0.05) is 18.3 Å². The van der Waals surface area contributed by atoms with Crippen molar-refractivity contribution in [1.82, 2.24) is 10.3 Å². The Bertz CT molecular complexity index is 698. The number of methoxy groups -OCH3 is 1. The first-order chi connectivity index (χ1) is 10.5. The van der Waals surface area contributed by atoms with E-state index in [0.717, 1.165) is 41.9 Å². The van der Waals surface area contributed by atoms with Crippen molar-refractivity contribution in [2.75, 3.05) is 13.7 Å². The predicted molar refractivity (Wildman–Crippen MR) is 76.6 cm³/mol. The summed E-state index contributed by atoms with van der Waals surface area (Å²) in [5, 5.41) is 3.23. The Morgan fingerprint density at radius 1 is 1.18 bits per heavy atom. The molecular weight excluding hydrogens is 293 g/mol. The lowest BCUT2D eigenvalue weighted by Crippen LogP contribution is -2.25. The van der Waals surface area contributed by atoms with E-state index in [1.54, 1.807) is 6.20 Å². The van der Waals surface area contributed by atoms with Gasteiger partial charge < -0.3 is 10.1 Å². The van der Waals surface area contributed by atoms with E-state index >= 15 is 0 Å². The summed E-state index contributed by atoms with van der Waals surface area (Å²) in [7, 11) is 1.38. The first-order valence-electron chi connectivity index (χ1n) is 6.94. The van der Waals surface area contributed by atoms with Gasteiger partial charge in [-0.1, -0.05) is 6.07 Å². The topological polar surface area (TPSA) is 34.1 Å². The second-order valence-electron chi connectivity index (χ2n) is 5.12. The van der Waals surface area contributed by atoms with Gasteiger partial charge in [-0.25, -0.2) is 0 Å². The Balaban J connectivity index is 2.13. The van der Waals surface area contributed by atoms with Crippen LogP contribution < -0.4 is 10.1 Å². The molecule has 0 saturated carbocycles. The molecule has 22 heavy (non-hydrogen) atoms. The molecule has 0 bridgehead atoms. The Labute approximate surface area is 126 Å². The van der Waals surface area contributed by atoms with Crippen molar-refractivity contribution < 1.29 is 17.9 Å². The number of alkyl halides is 3. The molecule has 0 amide bonds. The van der Waals surface area contributed by atoms with Crippen molar-refractivity contribution in [2.24, 2.45) is 0 Å². The summed E-state index contributed by atoms with van der Waals surface area (Å²) < 4.78 is 43.7. The molecule has 3 rings (SSSR count). The number of nitrogens with zero attached hydrogens (tertiary/aromatic N) is 1. The Kier molecular flexibility index (Phi) is 3.78. The fourth-order valence-corrected chi connectivity index (χ4v) is 2.73. The van der Waals surface area contributed by atoms with Crippen molar-refractivity contribution in [3.05, 3.63) is 47.3 Å². The summed E-state index contributed by atoms with van der Waals surface area (Å²) in [6.07, 6.45) is -1.91. The predicted octanol–water partition coefficient (Wildman–Crippen LogP) is 3.42. The highest BCUT2D eigenvalue weighted by molar-refractivity contribution is 5.74. The third-order valence-corrected chi connectivity index (χ3v) is 3.81. The van der Waals surface area contributed by atoms with Gasteiger partial charge in [0.05, 0.1) is 18.4 Å². The molecule has 1 aliphatic rings. The molecule has 116 valence electrons. The summed E-state index contributed by atoms with van der Waals surface area (Å²) >= 11 is 0. The average molecular weight is 308 g/mol. The summed E-state index contributed by atoms with van der Waals surface area (Å²) in [4.78, 5) is 4.33. The lowest BCUT2D eigenvalue weighted by molar-refractivity contribution is -0.137. The minimum Gasteiger partial charge on any atom is -0.496 e. The van der Waals surface area contributed by atoms with Crippen molar-refractivity contribution >= 4 is 0 Å². The quantitative estimate of drug-likeness (QED) is 0.923. The van der Waals surface area contributed by atoms with Gasteiger partial charge in [0.2, 0.25) is 0 Å². The van der Waals surface area contributed by atoms with Crippen LogP contribution in [0.15, 0.2) is 30.5 Å². The van der Waals surface area contributed by atoms with E-state index in [2.05, 4.69) is 10.3 Å². The van der Waals surface area contributed by atoms with Crippen LogP contribution in [0.2, 0.25) is 0 Å².